The highest BCUT2D eigenvalue weighted by atomic mass is 19.4. The van der Waals surface area contributed by atoms with Gasteiger partial charge < -0.3 is 15.4 Å². The zero-order valence-electron chi connectivity index (χ0n) is 15.7. The quantitative estimate of drug-likeness (QED) is 0.546. The average molecular weight is 419 g/mol. The van der Waals surface area contributed by atoms with Crippen molar-refractivity contribution in [2.45, 2.75) is 50.6 Å². The van der Waals surface area contributed by atoms with E-state index >= 15 is 0 Å². The first-order chi connectivity index (χ1) is 13.5. The van der Waals surface area contributed by atoms with E-state index in [-0.39, 0.29) is 24.3 Å². The smallest absolute Gasteiger partial charge is 0.395 e. The van der Waals surface area contributed by atoms with E-state index in [9.17, 15) is 26.7 Å². The molecule has 0 heterocycles. The Kier molecular flexibility index (Phi) is 7.34. The molecule has 5 nitrogen and oxygen atoms in total. The second kappa shape index (κ2) is 9.34. The van der Waals surface area contributed by atoms with Crippen LogP contribution < -0.4 is 5.73 Å². The molecular weight excluding hydrogens is 397 g/mol. The molecule has 1 aliphatic rings. The van der Waals surface area contributed by atoms with Crippen LogP contribution in [0.5, 0.6) is 0 Å². The number of carbonyl (C=O) groups is 1. The third-order valence-electron chi connectivity index (χ3n) is 4.88. The van der Waals surface area contributed by atoms with Crippen LogP contribution in [0.1, 0.15) is 31.2 Å². The molecular formula is C19H22F5N3O2. The Morgan fingerprint density at radius 2 is 1.90 bits per heavy atom. The Morgan fingerprint density at radius 1 is 1.28 bits per heavy atom. The number of carbonyl (C=O) groups excluding carboxylic acids is 1. The van der Waals surface area contributed by atoms with Gasteiger partial charge in [0.25, 0.3) is 5.91 Å². The number of hydrogen-bond acceptors (Lipinski definition) is 4. The van der Waals surface area contributed by atoms with Gasteiger partial charge in [0.2, 0.25) is 0 Å². The van der Waals surface area contributed by atoms with Gasteiger partial charge in [0.1, 0.15) is 23.0 Å². The minimum atomic E-state index is -4.89. The molecule has 1 aromatic rings. The molecule has 1 fully saturated rings. The van der Waals surface area contributed by atoms with Gasteiger partial charge in [-0.2, -0.15) is 13.2 Å². The van der Waals surface area contributed by atoms with Crippen LogP contribution in [0.4, 0.5) is 22.0 Å². The molecule has 0 aliphatic heterocycles. The summed E-state index contributed by atoms with van der Waals surface area (Å²) in [5.41, 5.74) is 2.20. The largest absolute Gasteiger partial charge is 0.430 e. The van der Waals surface area contributed by atoms with Crippen molar-refractivity contribution >= 4 is 11.6 Å². The molecule has 1 amide bonds. The maximum Gasteiger partial charge on any atom is 0.430 e. The van der Waals surface area contributed by atoms with Gasteiger partial charge in [0.15, 0.2) is 0 Å². The first-order valence-electron chi connectivity index (χ1n) is 8.93. The Hall–Kier alpha value is -2.49. The van der Waals surface area contributed by atoms with Gasteiger partial charge in [-0.15, -0.1) is 0 Å². The van der Waals surface area contributed by atoms with Gasteiger partial charge >= 0.3 is 6.18 Å². The van der Waals surface area contributed by atoms with Crippen molar-refractivity contribution < 1.29 is 31.5 Å². The Balaban J connectivity index is 2.30. The molecule has 1 saturated carbocycles. The van der Waals surface area contributed by atoms with Crippen LogP contribution in [-0.2, 0) is 16.1 Å². The second-order valence-electron chi connectivity index (χ2n) is 6.85. The number of alkyl halides is 3. The second-order valence-corrected chi connectivity index (χ2v) is 6.85. The predicted molar refractivity (Wildman–Crippen MR) is 96.0 cm³/mol. The van der Waals surface area contributed by atoms with E-state index in [0.717, 1.165) is 23.1 Å². The third kappa shape index (κ3) is 5.99. The number of amides is 1. The van der Waals surface area contributed by atoms with Gasteiger partial charge in [-0.1, -0.05) is 0 Å². The number of hydrogen-bond donors (Lipinski definition) is 2. The predicted octanol–water partition coefficient (Wildman–Crippen LogP) is 3.68. The number of halogens is 5. The van der Waals surface area contributed by atoms with Crippen LogP contribution >= 0.6 is 0 Å². The van der Waals surface area contributed by atoms with Crippen molar-refractivity contribution in [3.63, 3.8) is 0 Å². The molecule has 2 rings (SSSR count). The number of rotatable bonds is 6. The van der Waals surface area contributed by atoms with E-state index in [1.807, 2.05) is 0 Å². The van der Waals surface area contributed by atoms with Crippen molar-refractivity contribution in [1.82, 2.24) is 4.90 Å². The third-order valence-corrected chi connectivity index (χ3v) is 4.88. The molecule has 0 radical (unpaired) electrons. The van der Waals surface area contributed by atoms with Gasteiger partial charge in [0.05, 0.1) is 6.10 Å². The summed E-state index contributed by atoms with van der Waals surface area (Å²) in [5.74, 6) is -2.51. The van der Waals surface area contributed by atoms with Gasteiger partial charge in [-0.25, -0.2) is 8.78 Å². The summed E-state index contributed by atoms with van der Waals surface area (Å²) in [7, 11) is 1.55. The van der Waals surface area contributed by atoms with E-state index in [2.05, 4.69) is 0 Å². The van der Waals surface area contributed by atoms with E-state index in [4.69, 9.17) is 15.9 Å². The summed E-state index contributed by atoms with van der Waals surface area (Å²) in [5, 5.41) is 7.75. The molecule has 0 spiro atoms. The minimum Gasteiger partial charge on any atom is -0.395 e. The number of benzene rings is 1. The number of methoxy groups -OCH3 is 1. The van der Waals surface area contributed by atoms with Crippen molar-refractivity contribution in [3.8, 4) is 0 Å². The highest BCUT2D eigenvalue weighted by Crippen LogP contribution is 2.27. The maximum atomic E-state index is 14.1. The summed E-state index contributed by atoms with van der Waals surface area (Å²) in [6.07, 6.45) is -2.59. The number of ether oxygens (including phenoxy) is 1. The summed E-state index contributed by atoms with van der Waals surface area (Å²) >= 11 is 0. The molecule has 29 heavy (non-hydrogen) atoms. The molecule has 0 atom stereocenters. The fourth-order valence-electron chi connectivity index (χ4n) is 3.26. The lowest BCUT2D eigenvalue weighted by molar-refractivity contribution is -0.128. The summed E-state index contributed by atoms with van der Waals surface area (Å²) in [4.78, 5) is 13.8. The van der Waals surface area contributed by atoms with Crippen LogP contribution in [0.25, 0.3) is 0 Å². The van der Waals surface area contributed by atoms with Crippen molar-refractivity contribution in [2.75, 3.05) is 7.11 Å². The molecule has 0 unspecified atom stereocenters. The fraction of sp³-hybridized carbons (Fsp3) is 0.474. The van der Waals surface area contributed by atoms with Crippen molar-refractivity contribution in [1.29, 1.82) is 5.41 Å². The number of nitrogens with two attached hydrogens (primary N) is 1. The molecule has 160 valence electrons. The van der Waals surface area contributed by atoms with E-state index in [1.54, 1.807) is 7.11 Å². The average Bonchev–Trinajstić information content (AvgIpc) is 2.67. The minimum absolute atomic E-state index is 0.0191. The number of nitrogens with zero attached hydrogens (tertiary/aromatic N) is 1. The first kappa shape index (κ1) is 22.8. The maximum absolute atomic E-state index is 14.1. The first-order valence-corrected chi connectivity index (χ1v) is 8.93. The molecule has 1 aliphatic carbocycles. The lowest BCUT2D eigenvalue weighted by Crippen LogP contribution is -2.45. The van der Waals surface area contributed by atoms with E-state index in [0.29, 0.717) is 25.7 Å². The summed E-state index contributed by atoms with van der Waals surface area (Å²) in [6, 6.07) is 2.28. The zero-order chi connectivity index (χ0) is 21.8. The Labute approximate surface area is 164 Å². The highest BCUT2D eigenvalue weighted by molar-refractivity contribution is 6.42. The van der Waals surface area contributed by atoms with Gasteiger partial charge in [-0.3, -0.25) is 10.2 Å². The zero-order valence-corrected chi connectivity index (χ0v) is 15.7. The van der Waals surface area contributed by atoms with Gasteiger partial charge in [-0.05, 0) is 50.0 Å². The fourth-order valence-corrected chi connectivity index (χ4v) is 3.26. The standard InChI is InChI=1S/C19H22F5N3O2/c1-29-14-5-3-13(4-6-14)27(10-11-8-12(20)2-7-15(11)21)18(28)16(25)9-17(26)19(22,23)24/h2,7-9,13-14,25H,3-6,10,26H2,1H3. The van der Waals surface area contributed by atoms with E-state index < -0.39 is 41.2 Å². The van der Waals surface area contributed by atoms with Crippen LogP contribution in [0.2, 0.25) is 0 Å². The topological polar surface area (TPSA) is 79.4 Å². The number of nitrogens with one attached hydrogen (secondary N) is 1. The SMILES string of the molecule is COC1CCC(N(Cc2cc(F)ccc2F)C(=O)C(=N)C=C(N)C(F)(F)F)CC1. The normalized spacial score (nSPS) is 20.4. The molecule has 0 saturated heterocycles. The summed E-state index contributed by atoms with van der Waals surface area (Å²) < 4.78 is 70.8. The lowest BCUT2D eigenvalue weighted by atomic mass is 9.91. The van der Waals surface area contributed by atoms with Gasteiger partial charge in [0, 0.05) is 25.3 Å². The monoisotopic (exact) mass is 419 g/mol. The van der Waals surface area contributed by atoms with Crippen molar-refractivity contribution in [3.05, 3.63) is 47.2 Å². The highest BCUT2D eigenvalue weighted by Gasteiger charge is 2.34. The Bertz CT molecular complexity index is 787. The van der Waals surface area contributed by atoms with Crippen LogP contribution in [0.3, 0.4) is 0 Å². The molecule has 3 N–H and O–H groups in total. The van der Waals surface area contributed by atoms with Crippen LogP contribution in [0, 0.1) is 17.0 Å². The van der Waals surface area contributed by atoms with E-state index in [1.165, 1.54) is 0 Å². The number of allylic oxidation sites excluding steroid dienone is 1. The Morgan fingerprint density at radius 3 is 2.45 bits per heavy atom. The van der Waals surface area contributed by atoms with Crippen LogP contribution in [-0.4, -0.2) is 42.0 Å². The van der Waals surface area contributed by atoms with Crippen molar-refractivity contribution in [2.24, 2.45) is 5.73 Å². The summed E-state index contributed by atoms with van der Waals surface area (Å²) in [6.45, 7) is -0.382. The lowest BCUT2D eigenvalue weighted by Gasteiger charge is -2.36. The molecule has 0 aromatic heterocycles. The molecule has 10 heteroatoms. The molecule has 1 aromatic carbocycles. The molecule has 0 bridgehead atoms. The van der Waals surface area contributed by atoms with Crippen LogP contribution in [0.15, 0.2) is 30.0 Å².